The van der Waals surface area contributed by atoms with Gasteiger partial charge in [-0.3, -0.25) is 4.79 Å². The fraction of sp³-hybridized carbons (Fsp3) is 0.318. The molecular formula is C22H22F3N3O2S. The number of amides is 1. The number of benzene rings is 2. The lowest BCUT2D eigenvalue weighted by Gasteiger charge is -2.13. The molecule has 1 heterocycles. The first kappa shape index (κ1) is 23.0. The lowest BCUT2D eigenvalue weighted by molar-refractivity contribution is -0.136. The van der Waals surface area contributed by atoms with Gasteiger partial charge in [0.25, 0.3) is 0 Å². The topological polar surface area (TPSA) is 64.1 Å². The van der Waals surface area contributed by atoms with Gasteiger partial charge in [0, 0.05) is 30.7 Å². The van der Waals surface area contributed by atoms with Crippen LogP contribution in [0.5, 0.6) is 0 Å². The van der Waals surface area contributed by atoms with Crippen LogP contribution in [0.15, 0.2) is 53.6 Å². The van der Waals surface area contributed by atoms with E-state index >= 15 is 0 Å². The molecule has 0 aliphatic rings. The third-order valence-electron chi connectivity index (χ3n) is 4.36. The summed E-state index contributed by atoms with van der Waals surface area (Å²) in [6, 6.07) is 12.7. The minimum absolute atomic E-state index is 0.0330. The molecule has 1 amide bonds. The molecule has 3 rings (SSSR count). The summed E-state index contributed by atoms with van der Waals surface area (Å²) in [4.78, 5) is 20.9. The van der Waals surface area contributed by atoms with E-state index in [9.17, 15) is 18.0 Å². The maximum absolute atomic E-state index is 13.6. The van der Waals surface area contributed by atoms with Crippen LogP contribution in [-0.4, -0.2) is 41.4 Å². The van der Waals surface area contributed by atoms with Crippen LogP contribution in [-0.2, 0) is 15.7 Å². The van der Waals surface area contributed by atoms with Gasteiger partial charge >= 0.3 is 6.18 Å². The highest BCUT2D eigenvalue weighted by Crippen LogP contribution is 2.37. The van der Waals surface area contributed by atoms with Crippen molar-refractivity contribution < 1.29 is 22.7 Å². The summed E-state index contributed by atoms with van der Waals surface area (Å²) in [6.45, 7) is 3.54. The summed E-state index contributed by atoms with van der Waals surface area (Å²) in [7, 11) is 0. The van der Waals surface area contributed by atoms with Crippen LogP contribution < -0.4 is 5.32 Å². The minimum atomic E-state index is -4.55. The number of ether oxygens (including phenoxy) is 1. The highest BCUT2D eigenvalue weighted by atomic mass is 32.2. The molecule has 0 fully saturated rings. The van der Waals surface area contributed by atoms with Crippen LogP contribution in [0, 0.1) is 0 Å². The van der Waals surface area contributed by atoms with E-state index in [1.54, 1.807) is 36.4 Å². The number of nitrogens with zero attached hydrogens (tertiary/aromatic N) is 2. The fourth-order valence-corrected chi connectivity index (χ4v) is 3.75. The lowest BCUT2D eigenvalue weighted by atomic mass is 10.1. The number of aromatic nitrogens is 2. The number of thioether (sulfide) groups is 1. The van der Waals surface area contributed by atoms with Gasteiger partial charge in [-0.25, -0.2) is 9.97 Å². The Morgan fingerprint density at radius 2 is 1.87 bits per heavy atom. The first-order valence-electron chi connectivity index (χ1n) is 9.80. The number of halogens is 3. The number of rotatable bonds is 9. The SMILES string of the molecule is CCOCCCNC(=O)CSc1nc(-c2ccccc2)nc2c(C(F)(F)F)cccc12. The predicted octanol–water partition coefficient (Wildman–Crippen LogP) is 4.95. The van der Waals surface area contributed by atoms with E-state index in [-0.39, 0.29) is 28.4 Å². The van der Waals surface area contributed by atoms with E-state index in [1.165, 1.54) is 6.07 Å². The molecule has 0 spiro atoms. The molecule has 0 radical (unpaired) electrons. The Morgan fingerprint density at radius 3 is 2.58 bits per heavy atom. The molecule has 1 N–H and O–H groups in total. The molecule has 0 aliphatic carbocycles. The van der Waals surface area contributed by atoms with Gasteiger partial charge in [0.05, 0.1) is 16.8 Å². The van der Waals surface area contributed by atoms with Crippen molar-refractivity contribution in [3.8, 4) is 11.4 Å². The van der Waals surface area contributed by atoms with Gasteiger partial charge in [-0.05, 0) is 19.4 Å². The van der Waals surface area contributed by atoms with Crippen molar-refractivity contribution in [2.24, 2.45) is 0 Å². The van der Waals surface area contributed by atoms with Gasteiger partial charge in [0.1, 0.15) is 5.03 Å². The summed E-state index contributed by atoms with van der Waals surface area (Å²) in [5.74, 6) is -0.00323. The molecular weight excluding hydrogens is 427 g/mol. The standard InChI is InChI=1S/C22H22F3N3O2S/c1-2-30-13-7-12-26-18(29)14-31-21-16-10-6-11-17(22(23,24)25)19(16)27-20(28-21)15-8-4-3-5-9-15/h3-6,8-11H,2,7,12-14H2,1H3,(H,26,29). The van der Waals surface area contributed by atoms with Gasteiger partial charge in [0.2, 0.25) is 5.91 Å². The highest BCUT2D eigenvalue weighted by Gasteiger charge is 2.34. The van der Waals surface area contributed by atoms with E-state index in [0.717, 1.165) is 17.8 Å². The van der Waals surface area contributed by atoms with Crippen molar-refractivity contribution in [3.63, 3.8) is 0 Å². The van der Waals surface area contributed by atoms with E-state index in [4.69, 9.17) is 4.74 Å². The average Bonchev–Trinajstić information content (AvgIpc) is 2.76. The second kappa shape index (κ2) is 10.6. The number of para-hydroxylation sites is 1. The van der Waals surface area contributed by atoms with Crippen LogP contribution in [0.1, 0.15) is 18.9 Å². The number of nitrogens with one attached hydrogen (secondary N) is 1. The second-order valence-corrected chi connectivity index (χ2v) is 7.57. The number of carbonyl (C=O) groups is 1. The van der Waals surface area contributed by atoms with Crippen molar-refractivity contribution in [1.29, 1.82) is 0 Å². The summed E-state index contributed by atoms with van der Waals surface area (Å²) in [5.41, 5.74) is -0.404. The minimum Gasteiger partial charge on any atom is -0.382 e. The third kappa shape index (κ3) is 6.18. The molecule has 0 bridgehead atoms. The molecule has 0 saturated carbocycles. The summed E-state index contributed by atoms with van der Waals surface area (Å²) < 4.78 is 46.0. The van der Waals surface area contributed by atoms with Crippen LogP contribution in [0.25, 0.3) is 22.3 Å². The van der Waals surface area contributed by atoms with Crippen LogP contribution in [0.2, 0.25) is 0 Å². The molecule has 1 aromatic heterocycles. The zero-order chi connectivity index (χ0) is 22.3. The lowest BCUT2D eigenvalue weighted by Crippen LogP contribution is -2.27. The van der Waals surface area contributed by atoms with E-state index in [0.29, 0.717) is 36.8 Å². The number of alkyl halides is 3. The van der Waals surface area contributed by atoms with Crippen LogP contribution in [0.3, 0.4) is 0 Å². The van der Waals surface area contributed by atoms with Crippen molar-refractivity contribution in [2.45, 2.75) is 24.5 Å². The summed E-state index contributed by atoms with van der Waals surface area (Å²) in [5, 5.41) is 3.38. The van der Waals surface area contributed by atoms with Crippen LogP contribution in [0.4, 0.5) is 13.2 Å². The molecule has 31 heavy (non-hydrogen) atoms. The van der Waals surface area contributed by atoms with Gasteiger partial charge in [-0.15, -0.1) is 0 Å². The van der Waals surface area contributed by atoms with Crippen molar-refractivity contribution >= 4 is 28.6 Å². The molecule has 2 aromatic carbocycles. The number of carbonyl (C=O) groups excluding carboxylic acids is 1. The Kier molecular flexibility index (Phi) is 7.86. The van der Waals surface area contributed by atoms with Gasteiger partial charge in [-0.1, -0.05) is 54.2 Å². The molecule has 5 nitrogen and oxygen atoms in total. The first-order valence-corrected chi connectivity index (χ1v) is 10.8. The van der Waals surface area contributed by atoms with Crippen LogP contribution >= 0.6 is 11.8 Å². The molecule has 0 aliphatic heterocycles. The second-order valence-electron chi connectivity index (χ2n) is 6.61. The van der Waals surface area contributed by atoms with E-state index in [1.807, 2.05) is 6.92 Å². The smallest absolute Gasteiger partial charge is 0.382 e. The Morgan fingerprint density at radius 1 is 1.10 bits per heavy atom. The molecule has 0 saturated heterocycles. The number of fused-ring (bicyclic) bond motifs is 1. The van der Waals surface area contributed by atoms with E-state index < -0.39 is 11.7 Å². The average molecular weight is 449 g/mol. The quantitative estimate of drug-likeness (QED) is 0.285. The largest absolute Gasteiger partial charge is 0.418 e. The normalized spacial score (nSPS) is 11.6. The Hall–Kier alpha value is -2.65. The fourth-order valence-electron chi connectivity index (χ4n) is 2.91. The monoisotopic (exact) mass is 449 g/mol. The maximum atomic E-state index is 13.6. The maximum Gasteiger partial charge on any atom is 0.418 e. The van der Waals surface area contributed by atoms with Gasteiger partial charge in [0.15, 0.2) is 5.82 Å². The van der Waals surface area contributed by atoms with Crippen molar-refractivity contribution in [1.82, 2.24) is 15.3 Å². The van der Waals surface area contributed by atoms with Gasteiger partial charge in [-0.2, -0.15) is 13.2 Å². The zero-order valence-corrected chi connectivity index (χ0v) is 17.7. The number of hydrogen-bond donors (Lipinski definition) is 1. The van der Waals surface area contributed by atoms with Gasteiger partial charge < -0.3 is 10.1 Å². The molecule has 0 atom stereocenters. The first-order chi connectivity index (χ1) is 14.9. The highest BCUT2D eigenvalue weighted by molar-refractivity contribution is 8.00. The van der Waals surface area contributed by atoms with Crippen molar-refractivity contribution in [2.75, 3.05) is 25.5 Å². The number of hydrogen-bond acceptors (Lipinski definition) is 5. The predicted molar refractivity (Wildman–Crippen MR) is 115 cm³/mol. The Labute approximate surface area is 182 Å². The Balaban J connectivity index is 1.88. The Bertz CT molecular complexity index is 1030. The molecule has 0 unspecified atom stereocenters. The molecule has 3 aromatic rings. The summed E-state index contributed by atoms with van der Waals surface area (Å²) >= 11 is 1.09. The third-order valence-corrected chi connectivity index (χ3v) is 5.35. The zero-order valence-electron chi connectivity index (χ0n) is 16.9. The summed E-state index contributed by atoms with van der Waals surface area (Å²) in [6.07, 6.45) is -3.87. The molecule has 164 valence electrons. The van der Waals surface area contributed by atoms with Crippen molar-refractivity contribution in [3.05, 3.63) is 54.1 Å². The molecule has 9 heteroatoms. The van der Waals surface area contributed by atoms with E-state index in [2.05, 4.69) is 15.3 Å².